The highest BCUT2D eigenvalue weighted by molar-refractivity contribution is 5.34. The molecule has 0 aromatic carbocycles. The van der Waals surface area contributed by atoms with Crippen molar-refractivity contribution < 1.29 is 13.2 Å². The molecule has 0 aliphatic heterocycles. The highest BCUT2D eigenvalue weighted by atomic mass is 19.4. The molecule has 0 unspecified atom stereocenters. The summed E-state index contributed by atoms with van der Waals surface area (Å²) in [7, 11) is 1.27. The van der Waals surface area contributed by atoms with Crippen LogP contribution in [0.1, 0.15) is 5.69 Å². The maximum atomic E-state index is 11.9. The number of nitrogen functional groups attached to an aromatic ring is 1. The van der Waals surface area contributed by atoms with Gasteiger partial charge in [-0.2, -0.15) is 18.0 Å². The second kappa shape index (κ2) is 2.11. The molecule has 0 radical (unpaired) electrons. The third kappa shape index (κ3) is 1.41. The third-order valence-corrected chi connectivity index (χ3v) is 1.01. The third-order valence-electron chi connectivity index (χ3n) is 1.01. The van der Waals surface area contributed by atoms with Crippen molar-refractivity contribution in [2.24, 2.45) is 7.05 Å². The molecular weight excluding hydrogens is 161 g/mol. The van der Waals surface area contributed by atoms with Crippen LogP contribution in [0.5, 0.6) is 0 Å². The van der Waals surface area contributed by atoms with Crippen LogP contribution in [0, 0.1) is 0 Å². The minimum Gasteiger partial charge on any atom is -0.380 e. The molecule has 0 saturated heterocycles. The van der Waals surface area contributed by atoms with E-state index in [0.29, 0.717) is 0 Å². The Hall–Kier alpha value is -1.27. The molecule has 0 atom stereocenters. The van der Waals surface area contributed by atoms with E-state index in [4.69, 9.17) is 5.73 Å². The van der Waals surface area contributed by atoms with Crippen molar-refractivity contribution in [3.63, 3.8) is 0 Å². The number of hydrogen-bond donors (Lipinski definition) is 1. The van der Waals surface area contributed by atoms with Gasteiger partial charge in [0.2, 0.25) is 5.69 Å². The van der Waals surface area contributed by atoms with Crippen molar-refractivity contribution in [2.75, 3.05) is 5.73 Å². The van der Waals surface area contributed by atoms with Gasteiger partial charge in [0.25, 0.3) is 0 Å². The lowest BCUT2D eigenvalue weighted by Crippen LogP contribution is -2.09. The van der Waals surface area contributed by atoms with E-state index >= 15 is 0 Å². The van der Waals surface area contributed by atoms with Crippen LogP contribution in [0.3, 0.4) is 0 Å². The summed E-state index contributed by atoms with van der Waals surface area (Å²) in [5, 5.41) is 6.28. The Bertz CT molecular complexity index is 263. The minimum atomic E-state index is -4.52. The van der Waals surface area contributed by atoms with E-state index in [1.54, 1.807) is 0 Å². The second-order valence-corrected chi connectivity index (χ2v) is 1.92. The van der Waals surface area contributed by atoms with Crippen LogP contribution in [-0.2, 0) is 13.2 Å². The van der Waals surface area contributed by atoms with Gasteiger partial charge in [-0.25, -0.2) is 0 Å². The van der Waals surface area contributed by atoms with Crippen LogP contribution in [0.25, 0.3) is 0 Å². The van der Waals surface area contributed by atoms with Gasteiger partial charge in [0.15, 0.2) is 5.82 Å². The van der Waals surface area contributed by atoms with Crippen molar-refractivity contribution in [1.82, 2.24) is 15.0 Å². The first-order chi connectivity index (χ1) is 4.91. The highest BCUT2D eigenvalue weighted by Crippen LogP contribution is 2.30. The zero-order valence-electron chi connectivity index (χ0n) is 5.55. The number of aromatic nitrogens is 3. The molecule has 0 aliphatic carbocycles. The number of alkyl halides is 3. The molecule has 7 heteroatoms. The molecule has 2 N–H and O–H groups in total. The van der Waals surface area contributed by atoms with Crippen molar-refractivity contribution in [3.8, 4) is 0 Å². The lowest BCUT2D eigenvalue weighted by molar-refractivity contribution is -0.140. The molecule has 0 fully saturated rings. The first-order valence-corrected chi connectivity index (χ1v) is 2.65. The van der Waals surface area contributed by atoms with Gasteiger partial charge in [-0.05, 0) is 0 Å². The fraction of sp³-hybridized carbons (Fsp3) is 0.500. The number of nitrogens with zero attached hydrogens (tertiary/aromatic N) is 3. The fourth-order valence-corrected chi connectivity index (χ4v) is 0.623. The monoisotopic (exact) mass is 166 g/mol. The molecule has 0 amide bonds. The number of hydrogen-bond acceptors (Lipinski definition) is 3. The SMILES string of the molecule is Cn1nc(N)c(C(F)(F)F)n1. The van der Waals surface area contributed by atoms with E-state index < -0.39 is 17.7 Å². The van der Waals surface area contributed by atoms with E-state index in [9.17, 15) is 13.2 Å². The molecule has 1 aromatic heterocycles. The first kappa shape index (κ1) is 7.83. The van der Waals surface area contributed by atoms with E-state index in [0.717, 1.165) is 4.80 Å². The Kier molecular flexibility index (Phi) is 1.50. The summed E-state index contributed by atoms with van der Waals surface area (Å²) in [5.41, 5.74) is 3.77. The van der Waals surface area contributed by atoms with E-state index in [1.165, 1.54) is 7.05 Å². The minimum absolute atomic E-state index is 0.597. The van der Waals surface area contributed by atoms with Crippen molar-refractivity contribution in [2.45, 2.75) is 6.18 Å². The quantitative estimate of drug-likeness (QED) is 0.607. The Morgan fingerprint density at radius 2 is 1.91 bits per heavy atom. The lowest BCUT2D eigenvalue weighted by atomic mass is 10.4. The van der Waals surface area contributed by atoms with Gasteiger partial charge >= 0.3 is 6.18 Å². The van der Waals surface area contributed by atoms with Gasteiger partial charge in [0.1, 0.15) is 0 Å². The van der Waals surface area contributed by atoms with Gasteiger partial charge in [0.05, 0.1) is 0 Å². The second-order valence-electron chi connectivity index (χ2n) is 1.92. The summed E-state index contributed by atoms with van der Waals surface area (Å²) < 4.78 is 35.6. The zero-order valence-corrected chi connectivity index (χ0v) is 5.55. The molecule has 62 valence electrons. The summed E-state index contributed by atoms with van der Waals surface area (Å²) in [6, 6.07) is 0. The van der Waals surface area contributed by atoms with Gasteiger partial charge in [-0.1, -0.05) is 0 Å². The van der Waals surface area contributed by atoms with Gasteiger partial charge < -0.3 is 5.73 Å². The molecule has 0 aliphatic rings. The normalized spacial score (nSPS) is 12.0. The van der Waals surface area contributed by atoms with Crippen LogP contribution in [0.4, 0.5) is 19.0 Å². The number of nitrogens with two attached hydrogens (primary N) is 1. The van der Waals surface area contributed by atoms with Crippen molar-refractivity contribution in [1.29, 1.82) is 0 Å². The molecule has 0 saturated carbocycles. The molecule has 4 nitrogen and oxygen atoms in total. The van der Waals surface area contributed by atoms with Crippen LogP contribution < -0.4 is 5.73 Å². The highest BCUT2D eigenvalue weighted by Gasteiger charge is 2.37. The van der Waals surface area contributed by atoms with E-state index in [1.807, 2.05) is 0 Å². The lowest BCUT2D eigenvalue weighted by Gasteiger charge is -1.99. The predicted molar refractivity (Wildman–Crippen MR) is 30.4 cm³/mol. The van der Waals surface area contributed by atoms with E-state index in [-0.39, 0.29) is 0 Å². The summed E-state index contributed by atoms with van der Waals surface area (Å²) in [6.07, 6.45) is -4.52. The zero-order chi connectivity index (χ0) is 8.65. The maximum absolute atomic E-state index is 11.9. The Morgan fingerprint density at radius 1 is 1.36 bits per heavy atom. The Balaban J connectivity index is 3.13. The fourth-order valence-electron chi connectivity index (χ4n) is 0.623. The standard InChI is InChI=1S/C4H5F3N4/c1-11-9-2(3(8)10-11)4(5,6)7/h1H3,(H2,8,10). The molecule has 0 spiro atoms. The van der Waals surface area contributed by atoms with Gasteiger partial charge in [0, 0.05) is 7.05 Å². The van der Waals surface area contributed by atoms with E-state index in [2.05, 4.69) is 10.2 Å². The van der Waals surface area contributed by atoms with Crippen LogP contribution in [0.2, 0.25) is 0 Å². The molecule has 11 heavy (non-hydrogen) atoms. The predicted octanol–water partition coefficient (Wildman–Crippen LogP) is 0.416. The van der Waals surface area contributed by atoms with Crippen molar-refractivity contribution in [3.05, 3.63) is 5.69 Å². The molecule has 1 aromatic rings. The van der Waals surface area contributed by atoms with Crippen molar-refractivity contribution >= 4 is 5.82 Å². The molecule has 1 heterocycles. The molecule has 1 rings (SSSR count). The number of anilines is 1. The van der Waals surface area contributed by atoms with Crippen LogP contribution >= 0.6 is 0 Å². The molecule has 0 bridgehead atoms. The smallest absolute Gasteiger partial charge is 0.380 e. The summed E-state index contributed by atoms with van der Waals surface area (Å²) in [6.45, 7) is 0. The number of halogens is 3. The number of aryl methyl sites for hydroxylation is 1. The summed E-state index contributed by atoms with van der Waals surface area (Å²) in [5.74, 6) is -0.597. The Labute approximate surface area is 59.8 Å². The summed E-state index contributed by atoms with van der Waals surface area (Å²) >= 11 is 0. The van der Waals surface area contributed by atoms with Crippen LogP contribution in [-0.4, -0.2) is 15.0 Å². The van der Waals surface area contributed by atoms with Gasteiger partial charge in [-0.15, -0.1) is 10.2 Å². The number of rotatable bonds is 0. The molecular formula is C4H5F3N4. The van der Waals surface area contributed by atoms with Gasteiger partial charge in [-0.3, -0.25) is 0 Å². The summed E-state index contributed by atoms with van der Waals surface area (Å²) in [4.78, 5) is 0.776. The van der Waals surface area contributed by atoms with Crippen LogP contribution in [0.15, 0.2) is 0 Å². The first-order valence-electron chi connectivity index (χ1n) is 2.65. The Morgan fingerprint density at radius 3 is 2.09 bits per heavy atom. The average Bonchev–Trinajstić information content (AvgIpc) is 2.08. The average molecular weight is 166 g/mol. The maximum Gasteiger partial charge on any atom is 0.438 e. The largest absolute Gasteiger partial charge is 0.438 e. The topological polar surface area (TPSA) is 56.7 Å².